The van der Waals surface area contributed by atoms with Crippen molar-refractivity contribution < 1.29 is 17.9 Å². The minimum atomic E-state index is -4.40. The first-order valence-corrected chi connectivity index (χ1v) is 7.27. The molecule has 0 bridgehead atoms. The van der Waals surface area contributed by atoms with E-state index in [0.29, 0.717) is 19.1 Å². The van der Waals surface area contributed by atoms with E-state index in [1.807, 2.05) is 11.8 Å². The van der Waals surface area contributed by atoms with E-state index in [1.165, 1.54) is 12.1 Å². The highest BCUT2D eigenvalue weighted by molar-refractivity contribution is 5.36. The van der Waals surface area contributed by atoms with Crippen molar-refractivity contribution in [2.45, 2.75) is 19.2 Å². The predicted octanol–water partition coefficient (Wildman–Crippen LogP) is 3.38. The number of aromatic nitrogens is 2. The molecule has 1 aliphatic rings. The van der Waals surface area contributed by atoms with Crippen LogP contribution in [0.25, 0.3) is 0 Å². The van der Waals surface area contributed by atoms with Crippen molar-refractivity contribution in [1.82, 2.24) is 9.97 Å². The molecule has 0 radical (unpaired) electrons. The second kappa shape index (κ2) is 6.16. The molecule has 2 heterocycles. The summed E-state index contributed by atoms with van der Waals surface area (Å²) in [5.41, 5.74) is 0.308. The van der Waals surface area contributed by atoms with Gasteiger partial charge in [0.25, 0.3) is 0 Å². The fraction of sp³-hybridized carbons (Fsp3) is 0.375. The molecule has 1 aromatic carbocycles. The number of benzene rings is 1. The number of aryl methyl sites for hydroxylation is 1. The summed E-state index contributed by atoms with van der Waals surface area (Å²) in [6.45, 7) is 3.01. The van der Waals surface area contributed by atoms with Crippen LogP contribution in [0, 0.1) is 6.92 Å². The van der Waals surface area contributed by atoms with Crippen molar-refractivity contribution >= 4 is 5.95 Å². The van der Waals surface area contributed by atoms with Gasteiger partial charge in [0.1, 0.15) is 6.10 Å². The Morgan fingerprint density at radius 2 is 2.00 bits per heavy atom. The number of alkyl halides is 3. The first kappa shape index (κ1) is 15.7. The number of ether oxygens (including phenoxy) is 1. The highest BCUT2D eigenvalue weighted by Crippen LogP contribution is 2.36. The predicted molar refractivity (Wildman–Crippen MR) is 79.1 cm³/mol. The van der Waals surface area contributed by atoms with Crippen LogP contribution in [0.15, 0.2) is 36.5 Å². The second-order valence-electron chi connectivity index (χ2n) is 5.39. The highest BCUT2D eigenvalue weighted by Gasteiger charge is 2.36. The lowest BCUT2D eigenvalue weighted by Crippen LogP contribution is -2.40. The van der Waals surface area contributed by atoms with Crippen LogP contribution < -0.4 is 4.90 Å². The maximum atomic E-state index is 13.2. The average Bonchev–Trinajstić information content (AvgIpc) is 2.54. The summed E-state index contributed by atoms with van der Waals surface area (Å²) in [6, 6.07) is 7.31. The maximum absolute atomic E-state index is 13.2. The molecule has 0 amide bonds. The van der Waals surface area contributed by atoms with Crippen molar-refractivity contribution in [3.05, 3.63) is 53.3 Å². The van der Waals surface area contributed by atoms with E-state index in [-0.39, 0.29) is 12.1 Å². The van der Waals surface area contributed by atoms with Crippen molar-refractivity contribution in [2.75, 3.05) is 24.6 Å². The van der Waals surface area contributed by atoms with Gasteiger partial charge in [0, 0.05) is 18.4 Å². The third-order valence-corrected chi connectivity index (χ3v) is 3.74. The molecule has 1 fully saturated rings. The van der Waals surface area contributed by atoms with E-state index in [9.17, 15) is 13.2 Å². The van der Waals surface area contributed by atoms with Gasteiger partial charge < -0.3 is 9.64 Å². The van der Waals surface area contributed by atoms with Crippen LogP contribution in [0.1, 0.15) is 22.9 Å². The minimum Gasteiger partial charge on any atom is -0.370 e. The molecule has 1 atom stereocenters. The van der Waals surface area contributed by atoms with Gasteiger partial charge in [-0.2, -0.15) is 13.2 Å². The molecule has 0 N–H and O–H groups in total. The summed E-state index contributed by atoms with van der Waals surface area (Å²) in [7, 11) is 0. The SMILES string of the molecule is Cc1ccnc(N2CCOC(c3ccccc3C(F)(F)F)C2)n1. The van der Waals surface area contributed by atoms with Gasteiger partial charge in [0.2, 0.25) is 5.95 Å². The van der Waals surface area contributed by atoms with Gasteiger partial charge in [-0.05, 0) is 24.6 Å². The Morgan fingerprint density at radius 3 is 2.74 bits per heavy atom. The lowest BCUT2D eigenvalue weighted by Gasteiger charge is -2.34. The van der Waals surface area contributed by atoms with Gasteiger partial charge >= 0.3 is 6.18 Å². The van der Waals surface area contributed by atoms with Crippen molar-refractivity contribution in [1.29, 1.82) is 0 Å². The van der Waals surface area contributed by atoms with Crippen molar-refractivity contribution in [3.8, 4) is 0 Å². The molecule has 23 heavy (non-hydrogen) atoms. The molecule has 7 heteroatoms. The standard InChI is InChI=1S/C16H16F3N3O/c1-11-6-7-20-15(21-11)22-8-9-23-14(10-22)12-4-2-3-5-13(12)16(17,18)19/h2-7,14H,8-10H2,1H3. The summed E-state index contributed by atoms with van der Waals surface area (Å²) in [5, 5.41) is 0. The minimum absolute atomic E-state index is 0.150. The largest absolute Gasteiger partial charge is 0.416 e. The quantitative estimate of drug-likeness (QED) is 0.849. The van der Waals surface area contributed by atoms with Crippen LogP contribution in [0.3, 0.4) is 0 Å². The van der Waals surface area contributed by atoms with E-state index in [2.05, 4.69) is 9.97 Å². The number of hydrogen-bond donors (Lipinski definition) is 0. The first-order valence-electron chi connectivity index (χ1n) is 7.27. The molecule has 2 aromatic rings. The molecular formula is C16H16F3N3O. The summed E-state index contributed by atoms with van der Waals surface area (Å²) >= 11 is 0. The lowest BCUT2D eigenvalue weighted by molar-refractivity contribution is -0.139. The molecule has 0 spiro atoms. The van der Waals surface area contributed by atoms with E-state index in [0.717, 1.165) is 11.8 Å². The van der Waals surface area contributed by atoms with Gasteiger partial charge in [-0.3, -0.25) is 0 Å². The van der Waals surface area contributed by atoms with Crippen LogP contribution in [-0.2, 0) is 10.9 Å². The van der Waals surface area contributed by atoms with Crippen molar-refractivity contribution in [3.63, 3.8) is 0 Å². The zero-order chi connectivity index (χ0) is 16.4. The normalized spacial score (nSPS) is 19.0. The lowest BCUT2D eigenvalue weighted by atomic mass is 10.0. The number of rotatable bonds is 2. The van der Waals surface area contributed by atoms with Gasteiger partial charge in [0.15, 0.2) is 0 Å². The van der Waals surface area contributed by atoms with Crippen LogP contribution in [0.5, 0.6) is 0 Å². The Balaban J connectivity index is 1.88. The zero-order valence-electron chi connectivity index (χ0n) is 12.5. The molecule has 1 aliphatic heterocycles. The Kier molecular flexibility index (Phi) is 4.21. The monoisotopic (exact) mass is 323 g/mol. The topological polar surface area (TPSA) is 38.2 Å². The first-order chi connectivity index (χ1) is 10.9. The summed E-state index contributed by atoms with van der Waals surface area (Å²) < 4.78 is 45.1. The van der Waals surface area contributed by atoms with Crippen LogP contribution in [0.4, 0.5) is 19.1 Å². The Morgan fingerprint density at radius 1 is 1.22 bits per heavy atom. The summed E-state index contributed by atoms with van der Waals surface area (Å²) in [4.78, 5) is 10.4. The molecule has 4 nitrogen and oxygen atoms in total. The van der Waals surface area contributed by atoms with E-state index in [4.69, 9.17) is 4.74 Å². The third kappa shape index (κ3) is 3.44. The van der Waals surface area contributed by atoms with E-state index in [1.54, 1.807) is 18.3 Å². The fourth-order valence-corrected chi connectivity index (χ4v) is 2.64. The summed E-state index contributed by atoms with van der Waals surface area (Å²) in [5.74, 6) is 0.516. The number of anilines is 1. The molecule has 1 aromatic heterocycles. The maximum Gasteiger partial charge on any atom is 0.416 e. The smallest absolute Gasteiger partial charge is 0.370 e. The third-order valence-electron chi connectivity index (χ3n) is 3.74. The van der Waals surface area contributed by atoms with Gasteiger partial charge in [0.05, 0.1) is 18.7 Å². The Hall–Kier alpha value is -2.15. The number of morpholine rings is 1. The number of halogens is 3. The average molecular weight is 323 g/mol. The molecule has 1 saturated heterocycles. The van der Waals surface area contributed by atoms with Crippen LogP contribution in [0.2, 0.25) is 0 Å². The van der Waals surface area contributed by atoms with Crippen LogP contribution in [-0.4, -0.2) is 29.7 Å². The Labute approximate surface area is 131 Å². The molecular weight excluding hydrogens is 307 g/mol. The molecule has 0 aliphatic carbocycles. The van der Waals surface area contributed by atoms with E-state index >= 15 is 0 Å². The zero-order valence-corrected chi connectivity index (χ0v) is 12.5. The molecule has 0 saturated carbocycles. The number of nitrogens with zero attached hydrogens (tertiary/aromatic N) is 3. The molecule has 3 rings (SSSR count). The number of hydrogen-bond acceptors (Lipinski definition) is 4. The Bertz CT molecular complexity index is 690. The van der Waals surface area contributed by atoms with Gasteiger partial charge in [-0.15, -0.1) is 0 Å². The molecule has 1 unspecified atom stereocenters. The fourth-order valence-electron chi connectivity index (χ4n) is 2.64. The van der Waals surface area contributed by atoms with Crippen molar-refractivity contribution in [2.24, 2.45) is 0 Å². The van der Waals surface area contributed by atoms with Gasteiger partial charge in [-0.1, -0.05) is 18.2 Å². The highest BCUT2D eigenvalue weighted by atomic mass is 19.4. The molecule has 122 valence electrons. The van der Waals surface area contributed by atoms with Crippen LogP contribution >= 0.6 is 0 Å². The summed E-state index contributed by atoms with van der Waals surface area (Å²) in [6.07, 6.45) is -3.42. The second-order valence-corrected chi connectivity index (χ2v) is 5.39. The van der Waals surface area contributed by atoms with E-state index < -0.39 is 17.8 Å². The van der Waals surface area contributed by atoms with Gasteiger partial charge in [-0.25, -0.2) is 9.97 Å².